The van der Waals surface area contributed by atoms with Gasteiger partial charge in [-0.15, -0.1) is 0 Å². The van der Waals surface area contributed by atoms with E-state index < -0.39 is 42.8 Å². The van der Waals surface area contributed by atoms with Crippen molar-refractivity contribution in [3.63, 3.8) is 0 Å². The van der Waals surface area contributed by atoms with Gasteiger partial charge in [0.2, 0.25) is 0 Å². The van der Waals surface area contributed by atoms with E-state index in [0.29, 0.717) is 25.7 Å². The molecular weight excluding hydrogens is 574 g/mol. The summed E-state index contributed by atoms with van der Waals surface area (Å²) >= 11 is 0. The highest BCUT2D eigenvalue weighted by Gasteiger charge is 2.45. The number of hydrogen-bond acceptors (Lipinski definition) is 6. The first kappa shape index (κ1) is 31.4. The molecule has 0 bridgehead atoms. The first-order valence-corrected chi connectivity index (χ1v) is 13.1. The van der Waals surface area contributed by atoms with Crippen molar-refractivity contribution in [2.24, 2.45) is 0 Å². The molecular formula is C28H30F6N2O6. The van der Waals surface area contributed by atoms with Gasteiger partial charge in [0.1, 0.15) is 11.5 Å². The summed E-state index contributed by atoms with van der Waals surface area (Å²) in [4.78, 5) is 25.4. The molecule has 14 heteroatoms. The third-order valence-corrected chi connectivity index (χ3v) is 6.84. The van der Waals surface area contributed by atoms with E-state index in [1.165, 1.54) is 48.5 Å². The summed E-state index contributed by atoms with van der Waals surface area (Å²) in [5, 5.41) is 5.77. The van der Waals surface area contributed by atoms with Crippen molar-refractivity contribution in [2.75, 3.05) is 26.4 Å². The molecule has 2 aromatic rings. The Labute approximate surface area is 237 Å². The fraction of sp³-hybridized carbons (Fsp3) is 0.500. The zero-order valence-corrected chi connectivity index (χ0v) is 22.6. The molecule has 4 rings (SSSR count). The molecule has 1 saturated carbocycles. The number of alkyl halides is 6. The normalized spacial score (nSPS) is 24.6. The summed E-state index contributed by atoms with van der Waals surface area (Å²) in [6.07, 6.45) is -6.82. The van der Waals surface area contributed by atoms with Gasteiger partial charge in [-0.25, -0.2) is 0 Å². The van der Waals surface area contributed by atoms with Crippen LogP contribution < -0.4 is 20.1 Å². The second-order valence-corrected chi connectivity index (χ2v) is 10.6. The lowest BCUT2D eigenvalue weighted by Gasteiger charge is -2.47. The minimum absolute atomic E-state index is 0.00522. The van der Waals surface area contributed by atoms with Gasteiger partial charge in [-0.3, -0.25) is 9.59 Å². The molecule has 1 spiro atoms. The summed E-state index contributed by atoms with van der Waals surface area (Å²) < 4.78 is 95.3. The van der Waals surface area contributed by atoms with Crippen LogP contribution in [-0.4, -0.2) is 68.0 Å². The van der Waals surface area contributed by atoms with E-state index in [-0.39, 0.29) is 47.8 Å². The highest BCUT2D eigenvalue weighted by atomic mass is 19.4. The Morgan fingerprint density at radius 2 is 1.21 bits per heavy atom. The van der Waals surface area contributed by atoms with Gasteiger partial charge >= 0.3 is 12.4 Å². The average molecular weight is 605 g/mol. The smallest absolute Gasteiger partial charge is 0.422 e. The molecule has 1 aliphatic carbocycles. The van der Waals surface area contributed by atoms with Gasteiger partial charge in [0.15, 0.2) is 19.0 Å². The number of benzene rings is 2. The molecule has 2 fully saturated rings. The van der Waals surface area contributed by atoms with Crippen LogP contribution >= 0.6 is 0 Å². The Morgan fingerprint density at radius 1 is 0.786 bits per heavy atom. The van der Waals surface area contributed by atoms with E-state index in [4.69, 9.17) is 9.47 Å². The Kier molecular flexibility index (Phi) is 9.26. The van der Waals surface area contributed by atoms with E-state index >= 15 is 0 Å². The molecule has 0 aromatic heterocycles. The van der Waals surface area contributed by atoms with Crippen LogP contribution in [0.2, 0.25) is 0 Å². The van der Waals surface area contributed by atoms with Crippen LogP contribution in [0, 0.1) is 0 Å². The molecule has 2 aromatic carbocycles. The maximum absolute atomic E-state index is 12.7. The van der Waals surface area contributed by atoms with E-state index in [1.54, 1.807) is 6.92 Å². The lowest BCUT2D eigenvalue weighted by Crippen LogP contribution is -2.61. The molecule has 0 radical (unpaired) electrons. The number of ether oxygens (including phenoxy) is 4. The predicted octanol–water partition coefficient (Wildman–Crippen LogP) is 5.17. The number of halogens is 6. The molecule has 1 heterocycles. The van der Waals surface area contributed by atoms with Gasteiger partial charge in [0.25, 0.3) is 11.8 Å². The Hall–Kier alpha value is -3.52. The van der Waals surface area contributed by atoms with E-state index in [9.17, 15) is 35.9 Å². The van der Waals surface area contributed by atoms with Crippen molar-refractivity contribution in [1.29, 1.82) is 0 Å². The lowest BCUT2D eigenvalue weighted by atomic mass is 9.88. The van der Waals surface area contributed by atoms with Crippen LogP contribution in [-0.2, 0) is 9.47 Å². The zero-order chi connectivity index (χ0) is 30.6. The van der Waals surface area contributed by atoms with Crippen LogP contribution in [0.1, 0.15) is 53.3 Å². The van der Waals surface area contributed by atoms with Gasteiger partial charge in [-0.05, 0) is 68.3 Å². The van der Waals surface area contributed by atoms with Crippen molar-refractivity contribution in [3.8, 4) is 11.5 Å². The maximum Gasteiger partial charge on any atom is 0.422 e. The van der Waals surface area contributed by atoms with Crippen LogP contribution in [0.15, 0.2) is 48.5 Å². The number of hydrogen-bond donors (Lipinski definition) is 2. The summed E-state index contributed by atoms with van der Waals surface area (Å²) in [5.74, 6) is -1.68. The molecule has 0 unspecified atom stereocenters. The van der Waals surface area contributed by atoms with Gasteiger partial charge in [0, 0.05) is 30.0 Å². The molecule has 2 aliphatic rings. The van der Waals surface area contributed by atoms with Gasteiger partial charge < -0.3 is 29.6 Å². The first-order valence-electron chi connectivity index (χ1n) is 13.1. The quantitative estimate of drug-likeness (QED) is 0.404. The average Bonchev–Trinajstić information content (AvgIpc) is 2.93. The van der Waals surface area contributed by atoms with E-state index in [1.807, 2.05) is 0 Å². The standard InChI is InChI=1S/C28H30F6N2O6/c1-25(36-24(38)19-4-8-22(9-5-19)40-17-28(32,33)34)14-41-26(42-15-25)12-10-20(11-13-26)35-23(37)18-2-6-21(7-3-18)39-16-27(29,30)31/h2-9,20H,10-17H2,1H3,(H,35,37)(H,36,38). The topological polar surface area (TPSA) is 95.1 Å². The summed E-state index contributed by atoms with van der Waals surface area (Å²) in [6.45, 7) is -0.778. The van der Waals surface area contributed by atoms with Gasteiger partial charge in [-0.2, -0.15) is 26.3 Å². The molecule has 2 amide bonds. The van der Waals surface area contributed by atoms with Crippen molar-refractivity contribution in [3.05, 3.63) is 59.7 Å². The van der Waals surface area contributed by atoms with Crippen molar-refractivity contribution >= 4 is 11.8 Å². The summed E-state index contributed by atoms with van der Waals surface area (Å²) in [7, 11) is 0. The zero-order valence-electron chi connectivity index (χ0n) is 22.6. The molecule has 42 heavy (non-hydrogen) atoms. The molecule has 1 saturated heterocycles. The van der Waals surface area contributed by atoms with Crippen molar-refractivity contribution < 1.29 is 54.9 Å². The number of carbonyl (C=O) groups excluding carboxylic acids is 2. The number of rotatable bonds is 8. The second-order valence-electron chi connectivity index (χ2n) is 10.6. The minimum Gasteiger partial charge on any atom is -0.484 e. The highest BCUT2D eigenvalue weighted by Crippen LogP contribution is 2.37. The summed E-state index contributed by atoms with van der Waals surface area (Å²) in [5.41, 5.74) is -0.333. The van der Waals surface area contributed by atoms with E-state index in [2.05, 4.69) is 20.1 Å². The third kappa shape index (κ3) is 8.99. The third-order valence-electron chi connectivity index (χ3n) is 6.84. The Bertz CT molecular complexity index is 1220. The van der Waals surface area contributed by atoms with E-state index in [0.717, 1.165) is 0 Å². The Balaban J connectivity index is 1.21. The summed E-state index contributed by atoms with van der Waals surface area (Å²) in [6, 6.07) is 10.5. The first-order chi connectivity index (χ1) is 19.6. The number of nitrogens with one attached hydrogen (secondary N) is 2. The molecule has 1 aliphatic heterocycles. The van der Waals surface area contributed by atoms with Crippen LogP contribution in [0.5, 0.6) is 11.5 Å². The largest absolute Gasteiger partial charge is 0.484 e. The van der Waals surface area contributed by atoms with Crippen molar-refractivity contribution in [1.82, 2.24) is 10.6 Å². The van der Waals surface area contributed by atoms with Crippen LogP contribution in [0.4, 0.5) is 26.3 Å². The maximum atomic E-state index is 12.7. The Morgan fingerprint density at radius 3 is 1.64 bits per heavy atom. The highest BCUT2D eigenvalue weighted by molar-refractivity contribution is 5.95. The van der Waals surface area contributed by atoms with Gasteiger partial charge in [0.05, 0.1) is 18.8 Å². The van der Waals surface area contributed by atoms with Gasteiger partial charge in [-0.1, -0.05) is 0 Å². The molecule has 0 atom stereocenters. The molecule has 8 nitrogen and oxygen atoms in total. The monoisotopic (exact) mass is 604 g/mol. The predicted molar refractivity (Wildman–Crippen MR) is 136 cm³/mol. The van der Waals surface area contributed by atoms with Crippen LogP contribution in [0.25, 0.3) is 0 Å². The molecule has 2 N–H and O–H groups in total. The number of amides is 2. The SMILES string of the molecule is CC1(NC(=O)c2ccc(OCC(F)(F)F)cc2)COC2(CCC(NC(=O)c3ccc(OCC(F)(F)F)cc3)CC2)OC1. The fourth-order valence-electron chi connectivity index (χ4n) is 4.58. The van der Waals surface area contributed by atoms with Crippen LogP contribution in [0.3, 0.4) is 0 Å². The second kappa shape index (κ2) is 12.4. The molecule has 230 valence electrons. The number of carbonyl (C=O) groups is 2. The fourth-order valence-corrected chi connectivity index (χ4v) is 4.58. The minimum atomic E-state index is -4.47. The lowest BCUT2D eigenvalue weighted by molar-refractivity contribution is -0.300. The van der Waals surface area contributed by atoms with Crippen molar-refractivity contribution in [2.45, 2.75) is 62.3 Å².